The lowest BCUT2D eigenvalue weighted by Crippen LogP contribution is -2.18. The number of hydrogen-bond acceptors (Lipinski definition) is 0. The molecule has 1 fully saturated rings. The van der Waals surface area contributed by atoms with Crippen molar-refractivity contribution in [2.24, 2.45) is 5.92 Å². The molecule has 0 nitrogen and oxygen atoms in total. The van der Waals surface area contributed by atoms with E-state index >= 15 is 0 Å². The first-order valence-electron chi connectivity index (χ1n) is 3.74. The molecule has 0 radical (unpaired) electrons. The van der Waals surface area contributed by atoms with Crippen LogP contribution in [0.1, 0.15) is 25.7 Å². The minimum absolute atomic E-state index is 0.968. The zero-order valence-electron chi connectivity index (χ0n) is 5.69. The molecule has 2 rings (SSSR count). The number of rotatable bonds is 0. The third kappa shape index (κ3) is 0.735. The van der Waals surface area contributed by atoms with Crippen LogP contribution in [0.2, 0.25) is 0 Å². The average molecular weight is 120 g/mol. The van der Waals surface area contributed by atoms with Crippen molar-refractivity contribution in [2.45, 2.75) is 25.7 Å². The van der Waals surface area contributed by atoms with Gasteiger partial charge in [-0.15, -0.1) is 0 Å². The molecular weight excluding hydrogens is 108 g/mol. The molecule has 0 bridgehead atoms. The SMILES string of the molecule is C=C1C=C2CCC2CC1. The predicted octanol–water partition coefficient (Wildman–Crippen LogP) is 2.67. The van der Waals surface area contributed by atoms with Gasteiger partial charge in [0.1, 0.15) is 0 Å². The largest absolute Gasteiger partial charge is 0.0958 e. The Morgan fingerprint density at radius 1 is 1.33 bits per heavy atom. The summed E-state index contributed by atoms with van der Waals surface area (Å²) in [6, 6.07) is 0. The molecule has 0 aliphatic heterocycles. The molecule has 0 aromatic heterocycles. The van der Waals surface area contributed by atoms with E-state index in [1.54, 1.807) is 5.57 Å². The molecule has 1 atom stereocenters. The molecule has 0 spiro atoms. The Hall–Kier alpha value is -0.520. The minimum Gasteiger partial charge on any atom is -0.0958 e. The van der Waals surface area contributed by atoms with Gasteiger partial charge in [-0.25, -0.2) is 0 Å². The van der Waals surface area contributed by atoms with Crippen molar-refractivity contribution in [1.29, 1.82) is 0 Å². The molecule has 48 valence electrons. The van der Waals surface area contributed by atoms with E-state index in [4.69, 9.17) is 0 Å². The van der Waals surface area contributed by atoms with E-state index in [1.807, 2.05) is 0 Å². The summed E-state index contributed by atoms with van der Waals surface area (Å²) in [4.78, 5) is 0. The molecule has 0 amide bonds. The summed E-state index contributed by atoms with van der Waals surface area (Å²) < 4.78 is 0. The molecule has 1 saturated carbocycles. The molecule has 0 aromatic rings. The maximum absolute atomic E-state index is 3.96. The standard InChI is InChI=1S/C9H12/c1-7-2-3-8-4-5-9(8)6-7/h6,8H,1-5H2. The lowest BCUT2D eigenvalue weighted by Gasteiger charge is -2.33. The smallest absolute Gasteiger partial charge is 0.0194 e. The van der Waals surface area contributed by atoms with Gasteiger partial charge >= 0.3 is 0 Å². The minimum atomic E-state index is 0.968. The Balaban J connectivity index is 2.22. The van der Waals surface area contributed by atoms with Gasteiger partial charge in [0.25, 0.3) is 0 Å². The Bertz CT molecular complexity index is 174. The fourth-order valence-corrected chi connectivity index (χ4v) is 1.73. The lowest BCUT2D eigenvalue weighted by molar-refractivity contribution is 0.402. The van der Waals surface area contributed by atoms with Gasteiger partial charge in [0.15, 0.2) is 0 Å². The van der Waals surface area contributed by atoms with Gasteiger partial charge in [-0.3, -0.25) is 0 Å². The van der Waals surface area contributed by atoms with Crippen LogP contribution in [0.25, 0.3) is 0 Å². The van der Waals surface area contributed by atoms with Crippen molar-refractivity contribution >= 4 is 0 Å². The van der Waals surface area contributed by atoms with Crippen LogP contribution in [0.3, 0.4) is 0 Å². The van der Waals surface area contributed by atoms with Crippen molar-refractivity contribution < 1.29 is 0 Å². The molecule has 9 heavy (non-hydrogen) atoms. The Kier molecular flexibility index (Phi) is 1.01. The number of fused-ring (bicyclic) bond motifs is 1. The van der Waals surface area contributed by atoms with E-state index in [2.05, 4.69) is 12.7 Å². The maximum Gasteiger partial charge on any atom is -0.0194 e. The van der Waals surface area contributed by atoms with Crippen molar-refractivity contribution in [3.05, 3.63) is 23.8 Å². The van der Waals surface area contributed by atoms with Gasteiger partial charge in [-0.2, -0.15) is 0 Å². The zero-order chi connectivity index (χ0) is 6.27. The lowest BCUT2D eigenvalue weighted by atomic mass is 9.72. The highest BCUT2D eigenvalue weighted by molar-refractivity contribution is 5.30. The van der Waals surface area contributed by atoms with E-state index in [-0.39, 0.29) is 0 Å². The van der Waals surface area contributed by atoms with Crippen LogP contribution >= 0.6 is 0 Å². The molecule has 0 aromatic carbocycles. The van der Waals surface area contributed by atoms with Crippen LogP contribution in [-0.2, 0) is 0 Å². The van der Waals surface area contributed by atoms with Crippen LogP contribution in [0, 0.1) is 5.92 Å². The van der Waals surface area contributed by atoms with Crippen LogP contribution < -0.4 is 0 Å². The highest BCUT2D eigenvalue weighted by atomic mass is 14.3. The summed E-state index contributed by atoms with van der Waals surface area (Å²) in [6.07, 6.45) is 7.72. The summed E-state index contributed by atoms with van der Waals surface area (Å²) in [5.74, 6) is 0.968. The van der Waals surface area contributed by atoms with E-state index in [1.165, 1.54) is 31.3 Å². The third-order valence-corrected chi connectivity index (χ3v) is 2.51. The molecule has 0 heteroatoms. The summed E-state index contributed by atoms with van der Waals surface area (Å²) in [6.45, 7) is 3.96. The molecule has 2 aliphatic carbocycles. The first-order chi connectivity index (χ1) is 4.36. The zero-order valence-corrected chi connectivity index (χ0v) is 5.69. The van der Waals surface area contributed by atoms with Crippen LogP contribution in [0.5, 0.6) is 0 Å². The average Bonchev–Trinajstić information content (AvgIpc) is 1.78. The van der Waals surface area contributed by atoms with E-state index < -0.39 is 0 Å². The number of allylic oxidation sites excluding steroid dienone is 3. The van der Waals surface area contributed by atoms with Gasteiger partial charge in [0.2, 0.25) is 0 Å². The normalized spacial score (nSPS) is 32.7. The first-order valence-corrected chi connectivity index (χ1v) is 3.74. The Morgan fingerprint density at radius 2 is 2.11 bits per heavy atom. The Morgan fingerprint density at radius 3 is 2.56 bits per heavy atom. The second-order valence-electron chi connectivity index (χ2n) is 3.15. The number of hydrogen-bond donors (Lipinski definition) is 0. The van der Waals surface area contributed by atoms with E-state index in [9.17, 15) is 0 Å². The Labute approximate surface area is 56.3 Å². The summed E-state index contributed by atoms with van der Waals surface area (Å²) in [5.41, 5.74) is 3.02. The van der Waals surface area contributed by atoms with Gasteiger partial charge in [-0.05, 0) is 31.6 Å². The highest BCUT2D eigenvalue weighted by Gasteiger charge is 2.26. The van der Waals surface area contributed by atoms with E-state index in [0.717, 1.165) is 5.92 Å². The van der Waals surface area contributed by atoms with Crippen LogP contribution in [0.15, 0.2) is 23.8 Å². The molecule has 0 saturated heterocycles. The fourth-order valence-electron chi connectivity index (χ4n) is 1.73. The summed E-state index contributed by atoms with van der Waals surface area (Å²) in [5, 5.41) is 0. The predicted molar refractivity (Wildman–Crippen MR) is 39.2 cm³/mol. The van der Waals surface area contributed by atoms with Crippen molar-refractivity contribution in [2.75, 3.05) is 0 Å². The summed E-state index contributed by atoms with van der Waals surface area (Å²) in [7, 11) is 0. The van der Waals surface area contributed by atoms with E-state index in [0.29, 0.717) is 0 Å². The van der Waals surface area contributed by atoms with Gasteiger partial charge < -0.3 is 0 Å². The highest BCUT2D eigenvalue weighted by Crippen LogP contribution is 2.41. The van der Waals surface area contributed by atoms with Crippen molar-refractivity contribution in [3.8, 4) is 0 Å². The fraction of sp³-hybridized carbons (Fsp3) is 0.556. The monoisotopic (exact) mass is 120 g/mol. The van der Waals surface area contributed by atoms with Crippen molar-refractivity contribution in [1.82, 2.24) is 0 Å². The molecule has 0 heterocycles. The second-order valence-corrected chi connectivity index (χ2v) is 3.15. The summed E-state index contributed by atoms with van der Waals surface area (Å²) >= 11 is 0. The van der Waals surface area contributed by atoms with Gasteiger partial charge in [0.05, 0.1) is 0 Å². The second kappa shape index (κ2) is 1.73. The first kappa shape index (κ1) is 5.28. The third-order valence-electron chi connectivity index (χ3n) is 2.51. The maximum atomic E-state index is 3.96. The van der Waals surface area contributed by atoms with Gasteiger partial charge in [-0.1, -0.05) is 23.8 Å². The van der Waals surface area contributed by atoms with Crippen LogP contribution in [-0.4, -0.2) is 0 Å². The van der Waals surface area contributed by atoms with Gasteiger partial charge in [0, 0.05) is 0 Å². The van der Waals surface area contributed by atoms with Crippen LogP contribution in [0.4, 0.5) is 0 Å². The molecular formula is C9H12. The molecule has 2 aliphatic rings. The quantitative estimate of drug-likeness (QED) is 0.461. The molecule has 0 N–H and O–H groups in total. The van der Waals surface area contributed by atoms with Crippen molar-refractivity contribution in [3.63, 3.8) is 0 Å². The topological polar surface area (TPSA) is 0 Å². The molecule has 1 unspecified atom stereocenters.